The Morgan fingerprint density at radius 1 is 1.35 bits per heavy atom. The Morgan fingerprint density at radius 2 is 2.04 bits per heavy atom. The van der Waals surface area contributed by atoms with Crippen molar-refractivity contribution in [2.75, 3.05) is 32.8 Å². The van der Waals surface area contributed by atoms with Gasteiger partial charge in [0.2, 0.25) is 0 Å². The van der Waals surface area contributed by atoms with E-state index in [1.807, 2.05) is 11.8 Å². The van der Waals surface area contributed by atoms with Crippen LogP contribution in [-0.4, -0.2) is 59.7 Å². The first kappa shape index (κ1) is 15.4. The Balaban J connectivity index is 1.26. The first-order valence-electron chi connectivity index (χ1n) is 8.75. The fraction of sp³-hybridized carbons (Fsp3) is 0.765. The molecule has 0 spiro atoms. The van der Waals surface area contributed by atoms with Crippen molar-refractivity contribution < 1.29 is 9.53 Å². The summed E-state index contributed by atoms with van der Waals surface area (Å²) in [5.74, 6) is 2.36. The zero-order valence-electron chi connectivity index (χ0n) is 13.9. The van der Waals surface area contributed by atoms with E-state index in [1.54, 1.807) is 11.3 Å². The highest BCUT2D eigenvalue weighted by atomic mass is 32.1. The van der Waals surface area contributed by atoms with Crippen LogP contribution in [0.2, 0.25) is 0 Å². The van der Waals surface area contributed by atoms with Crippen molar-refractivity contribution in [1.82, 2.24) is 14.8 Å². The van der Waals surface area contributed by atoms with E-state index in [-0.39, 0.29) is 6.09 Å². The molecule has 3 aliphatic rings. The third-order valence-corrected chi connectivity index (χ3v) is 6.50. The molecular formula is C17H25N3O2S. The van der Waals surface area contributed by atoms with Crippen molar-refractivity contribution in [3.8, 4) is 0 Å². The Kier molecular flexibility index (Phi) is 4.05. The number of likely N-dealkylation sites (tertiary alicyclic amines) is 2. The maximum Gasteiger partial charge on any atom is 0.409 e. The summed E-state index contributed by atoms with van der Waals surface area (Å²) >= 11 is 1.77. The van der Waals surface area contributed by atoms with Gasteiger partial charge in [0.05, 0.1) is 17.3 Å². The van der Waals surface area contributed by atoms with E-state index in [4.69, 9.17) is 4.74 Å². The summed E-state index contributed by atoms with van der Waals surface area (Å²) in [7, 11) is 0. The number of aryl methyl sites for hydroxylation is 1. The average Bonchev–Trinajstić information content (AvgIpc) is 2.91. The number of fused-ring (bicyclic) bond motifs is 1. The number of hydrogen-bond acceptors (Lipinski definition) is 5. The molecule has 0 aromatic carbocycles. The molecule has 126 valence electrons. The number of piperidine rings is 2. The molecule has 2 aliphatic heterocycles. The standard InChI is InChI=1S/C17H25N3O2S/c1-3-22-17(21)19-6-4-12(5-7-19)20-8-13-14(9-20)16(13)15-10-23-11(2)18-15/h10,12-14,16H,3-9H2,1-2H3/t13-,14+,16?. The molecular weight excluding hydrogens is 310 g/mol. The van der Waals surface area contributed by atoms with E-state index in [1.165, 1.54) is 23.8 Å². The van der Waals surface area contributed by atoms with Gasteiger partial charge in [0.25, 0.3) is 0 Å². The van der Waals surface area contributed by atoms with Crippen LogP contribution in [-0.2, 0) is 4.74 Å². The van der Waals surface area contributed by atoms with Crippen LogP contribution in [0.4, 0.5) is 4.79 Å². The smallest absolute Gasteiger partial charge is 0.409 e. The average molecular weight is 335 g/mol. The van der Waals surface area contributed by atoms with Crippen molar-refractivity contribution in [2.24, 2.45) is 11.8 Å². The summed E-state index contributed by atoms with van der Waals surface area (Å²) in [6, 6.07) is 0.645. The minimum absolute atomic E-state index is 0.144. The van der Waals surface area contributed by atoms with Gasteiger partial charge >= 0.3 is 6.09 Å². The first-order chi connectivity index (χ1) is 11.2. The van der Waals surface area contributed by atoms with Gasteiger partial charge in [-0.3, -0.25) is 4.90 Å². The predicted molar refractivity (Wildman–Crippen MR) is 89.8 cm³/mol. The largest absolute Gasteiger partial charge is 0.450 e. The van der Waals surface area contributed by atoms with Crippen LogP contribution in [0.25, 0.3) is 0 Å². The van der Waals surface area contributed by atoms with E-state index in [2.05, 4.69) is 22.2 Å². The van der Waals surface area contributed by atoms with Gasteiger partial charge in [-0.2, -0.15) is 0 Å². The number of aromatic nitrogens is 1. The first-order valence-corrected chi connectivity index (χ1v) is 9.63. The van der Waals surface area contributed by atoms with Crippen LogP contribution < -0.4 is 0 Å². The number of rotatable bonds is 3. The van der Waals surface area contributed by atoms with E-state index < -0.39 is 0 Å². The van der Waals surface area contributed by atoms with Crippen LogP contribution >= 0.6 is 11.3 Å². The van der Waals surface area contributed by atoms with Gasteiger partial charge in [-0.15, -0.1) is 11.3 Å². The molecule has 3 fully saturated rings. The molecule has 1 unspecified atom stereocenters. The lowest BCUT2D eigenvalue weighted by molar-refractivity contribution is 0.0774. The summed E-state index contributed by atoms with van der Waals surface area (Å²) in [4.78, 5) is 21.0. The molecule has 23 heavy (non-hydrogen) atoms. The third-order valence-electron chi connectivity index (χ3n) is 5.71. The van der Waals surface area contributed by atoms with Gasteiger partial charge in [0.1, 0.15) is 0 Å². The van der Waals surface area contributed by atoms with E-state index in [9.17, 15) is 4.79 Å². The Labute approximate surface area is 141 Å². The molecule has 1 aromatic heterocycles. The lowest BCUT2D eigenvalue weighted by Gasteiger charge is -2.37. The number of amides is 1. The highest BCUT2D eigenvalue weighted by Crippen LogP contribution is 2.58. The van der Waals surface area contributed by atoms with Crippen LogP contribution in [0.15, 0.2) is 5.38 Å². The Morgan fingerprint density at radius 3 is 2.61 bits per heavy atom. The van der Waals surface area contributed by atoms with Gasteiger partial charge in [-0.25, -0.2) is 9.78 Å². The molecule has 1 aliphatic carbocycles. The number of carbonyl (C=O) groups excluding carboxylic acids is 1. The highest BCUT2D eigenvalue weighted by Gasteiger charge is 2.58. The minimum atomic E-state index is -0.144. The van der Waals surface area contributed by atoms with Crippen molar-refractivity contribution in [3.63, 3.8) is 0 Å². The molecule has 4 rings (SSSR count). The summed E-state index contributed by atoms with van der Waals surface area (Å²) in [6.45, 7) is 8.53. The molecule has 1 saturated carbocycles. The summed E-state index contributed by atoms with van der Waals surface area (Å²) in [5.41, 5.74) is 1.33. The molecule has 1 amide bonds. The quantitative estimate of drug-likeness (QED) is 0.852. The van der Waals surface area contributed by atoms with Crippen LogP contribution in [0.5, 0.6) is 0 Å². The van der Waals surface area contributed by atoms with Gasteiger partial charge in [-0.1, -0.05) is 0 Å². The molecule has 3 heterocycles. The molecule has 0 bridgehead atoms. The lowest BCUT2D eigenvalue weighted by Crippen LogP contribution is -2.46. The number of thiazole rings is 1. The number of hydrogen-bond donors (Lipinski definition) is 0. The van der Waals surface area contributed by atoms with Gasteiger partial charge in [-0.05, 0) is 38.5 Å². The second-order valence-electron chi connectivity index (χ2n) is 7.02. The minimum Gasteiger partial charge on any atom is -0.450 e. The van der Waals surface area contributed by atoms with E-state index >= 15 is 0 Å². The van der Waals surface area contributed by atoms with Crippen molar-refractivity contribution in [2.45, 2.75) is 38.6 Å². The Bertz CT molecular complexity index is 570. The topological polar surface area (TPSA) is 45.7 Å². The third kappa shape index (κ3) is 2.87. The number of ether oxygens (including phenoxy) is 1. The molecule has 3 atom stereocenters. The number of nitrogens with zero attached hydrogens (tertiary/aromatic N) is 3. The Hall–Kier alpha value is -1.14. The van der Waals surface area contributed by atoms with E-state index in [0.29, 0.717) is 12.6 Å². The molecule has 0 radical (unpaired) electrons. The second kappa shape index (κ2) is 6.06. The maximum atomic E-state index is 11.8. The molecule has 5 nitrogen and oxygen atoms in total. The predicted octanol–water partition coefficient (Wildman–Crippen LogP) is 2.72. The zero-order chi connectivity index (χ0) is 16.0. The summed E-state index contributed by atoms with van der Waals surface area (Å²) in [5, 5.41) is 3.44. The summed E-state index contributed by atoms with van der Waals surface area (Å²) in [6.07, 6.45) is 2.02. The molecule has 2 saturated heterocycles. The fourth-order valence-electron chi connectivity index (χ4n) is 4.46. The fourth-order valence-corrected chi connectivity index (χ4v) is 5.12. The van der Waals surface area contributed by atoms with Crippen LogP contribution in [0, 0.1) is 18.8 Å². The monoisotopic (exact) mass is 335 g/mol. The normalized spacial score (nSPS) is 31.2. The van der Waals surface area contributed by atoms with Crippen molar-refractivity contribution in [1.29, 1.82) is 0 Å². The number of carbonyl (C=O) groups is 1. The lowest BCUT2D eigenvalue weighted by atomic mass is 10.0. The maximum absolute atomic E-state index is 11.8. The van der Waals surface area contributed by atoms with Crippen molar-refractivity contribution in [3.05, 3.63) is 16.1 Å². The van der Waals surface area contributed by atoms with Crippen LogP contribution in [0.1, 0.15) is 36.4 Å². The van der Waals surface area contributed by atoms with E-state index in [0.717, 1.165) is 43.7 Å². The second-order valence-corrected chi connectivity index (χ2v) is 8.08. The van der Waals surface area contributed by atoms with Gasteiger partial charge in [0, 0.05) is 43.5 Å². The highest BCUT2D eigenvalue weighted by molar-refractivity contribution is 7.09. The molecule has 0 N–H and O–H groups in total. The van der Waals surface area contributed by atoms with Gasteiger partial charge < -0.3 is 9.64 Å². The summed E-state index contributed by atoms with van der Waals surface area (Å²) < 4.78 is 5.10. The van der Waals surface area contributed by atoms with Crippen LogP contribution in [0.3, 0.4) is 0 Å². The zero-order valence-corrected chi connectivity index (χ0v) is 14.7. The molecule has 6 heteroatoms. The SMILES string of the molecule is CCOC(=O)N1CCC(N2C[C@@H]3C(c4csc(C)n4)[C@@H]3C2)CC1. The molecule has 1 aromatic rings. The van der Waals surface area contributed by atoms with Crippen molar-refractivity contribution >= 4 is 17.4 Å². The van der Waals surface area contributed by atoms with Gasteiger partial charge in [0.15, 0.2) is 0 Å².